The van der Waals surface area contributed by atoms with Crippen molar-refractivity contribution in [3.8, 4) is 11.3 Å². The van der Waals surface area contributed by atoms with Gasteiger partial charge in [-0.3, -0.25) is 14.8 Å². The maximum atomic E-state index is 13.7. The number of rotatable bonds is 4. The molecule has 3 aromatic rings. The summed E-state index contributed by atoms with van der Waals surface area (Å²) in [7, 11) is 0. The molecule has 1 N–H and O–H groups in total. The van der Waals surface area contributed by atoms with Crippen LogP contribution in [0.15, 0.2) is 55.0 Å². The van der Waals surface area contributed by atoms with Crippen LogP contribution in [0.4, 0.5) is 5.82 Å². The van der Waals surface area contributed by atoms with Crippen LogP contribution in [0, 0.1) is 19.8 Å². The average molecular weight is 414 g/mol. The first kappa shape index (κ1) is 19.7. The predicted molar refractivity (Wildman–Crippen MR) is 121 cm³/mol. The van der Waals surface area contributed by atoms with E-state index in [1.807, 2.05) is 55.3 Å². The van der Waals surface area contributed by atoms with Crippen LogP contribution in [0.5, 0.6) is 0 Å². The van der Waals surface area contributed by atoms with E-state index >= 15 is 0 Å². The third-order valence-corrected chi connectivity index (χ3v) is 6.56. The molecular weight excluding hydrogens is 386 g/mol. The molecule has 3 unspecified atom stereocenters. The van der Waals surface area contributed by atoms with Crippen LogP contribution in [-0.2, 0) is 0 Å². The minimum absolute atomic E-state index is 0.00119. The van der Waals surface area contributed by atoms with Gasteiger partial charge in [0.15, 0.2) is 0 Å². The van der Waals surface area contributed by atoms with Crippen LogP contribution in [0.1, 0.15) is 40.9 Å². The van der Waals surface area contributed by atoms with Gasteiger partial charge in [-0.05, 0) is 74.4 Å². The fourth-order valence-corrected chi connectivity index (χ4v) is 5.00. The number of aryl methyl sites for hydroxylation is 2. The second kappa shape index (κ2) is 8.10. The largest absolute Gasteiger partial charge is 0.365 e. The molecule has 0 spiro atoms. The van der Waals surface area contributed by atoms with Crippen molar-refractivity contribution in [3.05, 3.63) is 71.8 Å². The molecular formula is C25H27N5O. The van der Waals surface area contributed by atoms with Crippen molar-refractivity contribution in [2.24, 2.45) is 5.92 Å². The fraction of sp³-hybridized carbons (Fsp3) is 0.360. The number of pyridine rings is 3. The van der Waals surface area contributed by atoms with Gasteiger partial charge in [0.25, 0.3) is 5.91 Å². The Kier molecular flexibility index (Phi) is 5.14. The Balaban J connectivity index is 1.44. The molecule has 3 fully saturated rings. The molecule has 6 heteroatoms. The Bertz CT molecular complexity index is 1100. The molecule has 2 bridgehead atoms. The molecule has 2 saturated heterocycles. The molecule has 1 saturated carbocycles. The molecule has 6 rings (SSSR count). The smallest absolute Gasteiger partial charge is 0.273 e. The van der Waals surface area contributed by atoms with E-state index in [0.717, 1.165) is 47.6 Å². The fourth-order valence-electron chi connectivity index (χ4n) is 5.00. The number of amides is 1. The van der Waals surface area contributed by atoms with Crippen molar-refractivity contribution in [1.82, 2.24) is 19.9 Å². The number of hydrogen-bond donors (Lipinski definition) is 1. The lowest BCUT2D eigenvalue weighted by atomic mass is 9.76. The third-order valence-electron chi connectivity index (χ3n) is 6.56. The van der Waals surface area contributed by atoms with Gasteiger partial charge in [0, 0.05) is 36.7 Å². The number of carbonyl (C=O) groups is 1. The molecule has 3 aliphatic rings. The summed E-state index contributed by atoms with van der Waals surface area (Å²) >= 11 is 0. The van der Waals surface area contributed by atoms with Crippen molar-refractivity contribution in [2.45, 2.75) is 45.2 Å². The number of carbonyl (C=O) groups excluding carboxylic acids is 1. The summed E-state index contributed by atoms with van der Waals surface area (Å²) < 4.78 is 0. The topological polar surface area (TPSA) is 71.0 Å². The maximum Gasteiger partial charge on any atom is 0.273 e. The quantitative estimate of drug-likeness (QED) is 0.692. The van der Waals surface area contributed by atoms with Gasteiger partial charge in [0.05, 0.1) is 11.7 Å². The van der Waals surface area contributed by atoms with Crippen LogP contribution >= 0.6 is 0 Å². The zero-order chi connectivity index (χ0) is 21.4. The minimum Gasteiger partial charge on any atom is -0.365 e. The Morgan fingerprint density at radius 3 is 2.65 bits per heavy atom. The standard InChI is InChI=1S/C25H27N5O/c1-16-7-10-22(28-14-16)29-20-13-18-8-9-21(20)30(15-18)25(31)24-19(6-4-12-27-24)23-17(2)5-3-11-26-23/h3-7,10-12,14,18,20-21H,8-9,13,15H2,1-2H3,(H,28,29). The Hall–Kier alpha value is -3.28. The maximum absolute atomic E-state index is 13.7. The van der Waals surface area contributed by atoms with Crippen LogP contribution < -0.4 is 5.32 Å². The average Bonchev–Trinajstić information content (AvgIpc) is 2.81. The second-order valence-corrected chi connectivity index (χ2v) is 8.74. The molecule has 5 heterocycles. The van der Waals surface area contributed by atoms with Crippen molar-refractivity contribution >= 4 is 11.7 Å². The first-order chi connectivity index (χ1) is 15.1. The van der Waals surface area contributed by atoms with E-state index in [4.69, 9.17) is 0 Å². The molecule has 2 aliphatic heterocycles. The van der Waals surface area contributed by atoms with Crippen LogP contribution in [-0.4, -0.2) is 44.4 Å². The number of nitrogens with zero attached hydrogens (tertiary/aromatic N) is 4. The Labute approximate surface area is 182 Å². The van der Waals surface area contributed by atoms with Crippen molar-refractivity contribution in [2.75, 3.05) is 11.9 Å². The van der Waals surface area contributed by atoms with E-state index in [2.05, 4.69) is 26.3 Å². The van der Waals surface area contributed by atoms with E-state index in [0.29, 0.717) is 11.6 Å². The summed E-state index contributed by atoms with van der Waals surface area (Å²) in [6.45, 7) is 4.84. The van der Waals surface area contributed by atoms with E-state index in [1.165, 1.54) is 6.42 Å². The summed E-state index contributed by atoms with van der Waals surface area (Å²) in [5.41, 5.74) is 4.29. The zero-order valence-electron chi connectivity index (χ0n) is 18.0. The highest BCUT2D eigenvalue weighted by molar-refractivity contribution is 5.99. The van der Waals surface area contributed by atoms with Gasteiger partial charge in [-0.25, -0.2) is 4.98 Å². The number of hydrogen-bond acceptors (Lipinski definition) is 5. The highest BCUT2D eigenvalue weighted by Crippen LogP contribution is 2.38. The van der Waals surface area contributed by atoms with Crippen LogP contribution in [0.2, 0.25) is 0 Å². The number of anilines is 1. The van der Waals surface area contributed by atoms with Crippen LogP contribution in [0.3, 0.4) is 0 Å². The Morgan fingerprint density at radius 1 is 1.03 bits per heavy atom. The van der Waals surface area contributed by atoms with E-state index in [1.54, 1.807) is 12.4 Å². The van der Waals surface area contributed by atoms with E-state index in [9.17, 15) is 4.79 Å². The van der Waals surface area contributed by atoms with Gasteiger partial charge in [0.1, 0.15) is 11.5 Å². The lowest BCUT2D eigenvalue weighted by Crippen LogP contribution is -2.60. The molecule has 158 valence electrons. The molecule has 1 aliphatic carbocycles. The SMILES string of the molecule is Cc1ccc(NC2CC3CCC2N(C(=O)c2ncccc2-c2ncccc2C)C3)nc1. The van der Waals surface area contributed by atoms with Crippen molar-refractivity contribution in [3.63, 3.8) is 0 Å². The van der Waals surface area contributed by atoms with Crippen molar-refractivity contribution in [1.29, 1.82) is 0 Å². The molecule has 3 aromatic heterocycles. The molecule has 31 heavy (non-hydrogen) atoms. The Morgan fingerprint density at radius 2 is 1.87 bits per heavy atom. The van der Waals surface area contributed by atoms with Gasteiger partial charge < -0.3 is 10.2 Å². The number of fused-ring (bicyclic) bond motifs is 3. The van der Waals surface area contributed by atoms with Gasteiger partial charge in [0.2, 0.25) is 0 Å². The van der Waals surface area contributed by atoms with Crippen molar-refractivity contribution < 1.29 is 4.79 Å². The summed E-state index contributed by atoms with van der Waals surface area (Å²) in [4.78, 5) is 29.3. The second-order valence-electron chi connectivity index (χ2n) is 8.74. The zero-order valence-corrected chi connectivity index (χ0v) is 18.0. The molecule has 0 aromatic carbocycles. The lowest BCUT2D eigenvalue weighted by molar-refractivity contribution is 0.0277. The molecule has 1 amide bonds. The van der Waals surface area contributed by atoms with Gasteiger partial charge in [-0.15, -0.1) is 0 Å². The third kappa shape index (κ3) is 3.78. The summed E-state index contributed by atoms with van der Waals surface area (Å²) in [5.74, 6) is 1.37. The molecule has 6 nitrogen and oxygen atoms in total. The predicted octanol–water partition coefficient (Wildman–Crippen LogP) is 4.26. The normalized spacial score (nSPS) is 22.4. The monoisotopic (exact) mass is 413 g/mol. The van der Waals surface area contributed by atoms with Gasteiger partial charge in [-0.2, -0.15) is 0 Å². The summed E-state index contributed by atoms with van der Waals surface area (Å²) in [6.07, 6.45) is 8.58. The summed E-state index contributed by atoms with van der Waals surface area (Å²) in [5, 5.41) is 3.59. The van der Waals surface area contributed by atoms with Gasteiger partial charge >= 0.3 is 0 Å². The number of aromatic nitrogens is 3. The minimum atomic E-state index is -0.00119. The van der Waals surface area contributed by atoms with Gasteiger partial charge in [-0.1, -0.05) is 12.1 Å². The molecule has 0 radical (unpaired) electrons. The first-order valence-corrected chi connectivity index (χ1v) is 11.0. The van der Waals surface area contributed by atoms with E-state index < -0.39 is 0 Å². The lowest BCUT2D eigenvalue weighted by Gasteiger charge is -2.50. The van der Waals surface area contributed by atoms with Crippen LogP contribution in [0.25, 0.3) is 11.3 Å². The summed E-state index contributed by atoms with van der Waals surface area (Å²) in [6, 6.07) is 12.2. The number of nitrogens with one attached hydrogen (secondary N) is 1. The highest BCUT2D eigenvalue weighted by atomic mass is 16.2. The first-order valence-electron chi connectivity index (χ1n) is 11.0. The molecule has 3 atom stereocenters. The number of piperidine rings is 2. The van der Waals surface area contributed by atoms with E-state index in [-0.39, 0.29) is 18.0 Å². The highest BCUT2D eigenvalue weighted by Gasteiger charge is 2.43.